The van der Waals surface area contributed by atoms with Crippen LogP contribution in [0.25, 0.3) is 0 Å². The molecule has 0 saturated carbocycles. The second kappa shape index (κ2) is 7.34. The minimum atomic E-state index is -0.130. The lowest BCUT2D eigenvalue weighted by atomic mass is 10.2. The second-order valence-corrected chi connectivity index (χ2v) is 5.36. The van der Waals surface area contributed by atoms with E-state index in [0.717, 1.165) is 5.56 Å². The zero-order valence-corrected chi connectivity index (χ0v) is 13.1. The summed E-state index contributed by atoms with van der Waals surface area (Å²) in [5, 5.41) is 0.719. The third-order valence-corrected chi connectivity index (χ3v) is 3.76. The molecule has 0 N–H and O–H groups in total. The van der Waals surface area contributed by atoms with Crippen LogP contribution in [0.4, 0.5) is 0 Å². The summed E-state index contributed by atoms with van der Waals surface area (Å²) in [7, 11) is 1.73. The Morgan fingerprint density at radius 2 is 1.81 bits per heavy atom. The van der Waals surface area contributed by atoms with Crippen molar-refractivity contribution in [2.24, 2.45) is 0 Å². The van der Waals surface area contributed by atoms with Crippen LogP contribution >= 0.6 is 23.2 Å². The largest absolute Gasteiger partial charge is 0.482 e. The number of benzene rings is 2. The van der Waals surface area contributed by atoms with E-state index in [1.807, 2.05) is 30.3 Å². The Morgan fingerprint density at radius 3 is 2.52 bits per heavy atom. The molecule has 110 valence electrons. The summed E-state index contributed by atoms with van der Waals surface area (Å²) < 4.78 is 5.43. The molecule has 0 heterocycles. The van der Waals surface area contributed by atoms with Crippen LogP contribution in [0.1, 0.15) is 5.56 Å². The first-order chi connectivity index (χ1) is 10.1. The Kier molecular flexibility index (Phi) is 5.48. The summed E-state index contributed by atoms with van der Waals surface area (Å²) in [6, 6.07) is 14.8. The number of carbonyl (C=O) groups is 1. The Hall–Kier alpha value is -1.71. The van der Waals surface area contributed by atoms with Gasteiger partial charge in [0.1, 0.15) is 10.8 Å². The molecule has 2 rings (SSSR count). The summed E-state index contributed by atoms with van der Waals surface area (Å²) in [6.45, 7) is 0.454. The van der Waals surface area contributed by atoms with Crippen LogP contribution in [0, 0.1) is 0 Å². The van der Waals surface area contributed by atoms with E-state index < -0.39 is 0 Å². The van der Waals surface area contributed by atoms with Gasteiger partial charge in [0.05, 0.1) is 5.02 Å². The molecule has 0 aliphatic carbocycles. The molecule has 0 bridgehead atoms. The van der Waals surface area contributed by atoms with Crippen LogP contribution in [0.5, 0.6) is 5.75 Å². The molecule has 0 unspecified atom stereocenters. The first-order valence-corrected chi connectivity index (χ1v) is 7.18. The first kappa shape index (κ1) is 15.7. The van der Waals surface area contributed by atoms with E-state index in [-0.39, 0.29) is 12.5 Å². The number of halogens is 2. The van der Waals surface area contributed by atoms with Gasteiger partial charge in [0.15, 0.2) is 6.61 Å². The normalized spacial score (nSPS) is 10.2. The van der Waals surface area contributed by atoms with Crippen molar-refractivity contribution in [2.45, 2.75) is 6.54 Å². The smallest absolute Gasteiger partial charge is 0.260 e. The average molecular weight is 324 g/mol. The van der Waals surface area contributed by atoms with Gasteiger partial charge in [-0.1, -0.05) is 59.6 Å². The van der Waals surface area contributed by atoms with Crippen molar-refractivity contribution >= 4 is 29.1 Å². The first-order valence-electron chi connectivity index (χ1n) is 6.42. The van der Waals surface area contributed by atoms with E-state index in [1.54, 1.807) is 30.1 Å². The van der Waals surface area contributed by atoms with Gasteiger partial charge in [0.2, 0.25) is 0 Å². The van der Waals surface area contributed by atoms with Gasteiger partial charge in [-0.15, -0.1) is 0 Å². The summed E-state index contributed by atoms with van der Waals surface area (Å²) in [5.74, 6) is 0.278. The highest BCUT2D eigenvalue weighted by Gasteiger charge is 2.12. The van der Waals surface area contributed by atoms with Gasteiger partial charge in [-0.05, 0) is 17.7 Å². The van der Waals surface area contributed by atoms with Gasteiger partial charge >= 0.3 is 0 Å². The molecule has 3 nitrogen and oxygen atoms in total. The maximum Gasteiger partial charge on any atom is 0.260 e. The molecule has 0 radical (unpaired) electrons. The van der Waals surface area contributed by atoms with Crippen molar-refractivity contribution in [3.63, 3.8) is 0 Å². The molecule has 0 aromatic heterocycles. The van der Waals surface area contributed by atoms with E-state index in [2.05, 4.69) is 0 Å². The van der Waals surface area contributed by atoms with E-state index in [9.17, 15) is 4.79 Å². The van der Waals surface area contributed by atoms with Crippen molar-refractivity contribution in [3.05, 3.63) is 64.1 Å². The Bertz CT molecular complexity index is 617. The number of rotatable bonds is 5. The minimum absolute atomic E-state index is 0.0800. The predicted molar refractivity (Wildman–Crippen MR) is 84.9 cm³/mol. The van der Waals surface area contributed by atoms with Crippen LogP contribution in [-0.4, -0.2) is 24.5 Å². The number of likely N-dealkylation sites (N-methyl/N-ethyl adjacent to an activating group) is 1. The van der Waals surface area contributed by atoms with Gasteiger partial charge in [-0.2, -0.15) is 0 Å². The Morgan fingerprint density at radius 1 is 1.10 bits per heavy atom. The molecule has 0 aliphatic rings. The summed E-state index contributed by atoms with van der Waals surface area (Å²) in [5.41, 5.74) is 1.06. The zero-order chi connectivity index (χ0) is 15.2. The number of hydrogen-bond acceptors (Lipinski definition) is 2. The monoisotopic (exact) mass is 323 g/mol. The molecule has 0 aliphatic heterocycles. The number of carbonyl (C=O) groups excluding carboxylic acids is 1. The lowest BCUT2D eigenvalue weighted by molar-refractivity contribution is -0.132. The molecule has 2 aromatic rings. The zero-order valence-electron chi connectivity index (χ0n) is 11.6. The van der Waals surface area contributed by atoms with Crippen molar-refractivity contribution in [1.82, 2.24) is 4.90 Å². The summed E-state index contributed by atoms with van der Waals surface area (Å²) >= 11 is 11.9. The van der Waals surface area contributed by atoms with Crippen LogP contribution < -0.4 is 4.74 Å². The van der Waals surface area contributed by atoms with E-state index in [0.29, 0.717) is 22.3 Å². The Labute approximate surface area is 134 Å². The van der Waals surface area contributed by atoms with Crippen LogP contribution in [-0.2, 0) is 11.3 Å². The standard InChI is InChI=1S/C16H15Cl2NO2/c1-19(10-12-6-3-2-4-7-12)15(20)11-21-14-9-5-8-13(17)16(14)18/h2-9H,10-11H2,1H3. The third-order valence-electron chi connectivity index (χ3n) is 2.96. The number of ether oxygens (including phenoxy) is 1. The molecule has 5 heteroatoms. The van der Waals surface area contributed by atoms with E-state index in [4.69, 9.17) is 27.9 Å². The van der Waals surface area contributed by atoms with Crippen LogP contribution in [0.3, 0.4) is 0 Å². The molecule has 0 spiro atoms. The fourth-order valence-electron chi connectivity index (χ4n) is 1.79. The van der Waals surface area contributed by atoms with Crippen molar-refractivity contribution in [3.8, 4) is 5.75 Å². The fraction of sp³-hybridized carbons (Fsp3) is 0.188. The maximum atomic E-state index is 12.0. The molecule has 0 saturated heterocycles. The molecule has 2 aromatic carbocycles. The third kappa shape index (κ3) is 4.38. The van der Waals surface area contributed by atoms with Crippen LogP contribution in [0.15, 0.2) is 48.5 Å². The fourth-order valence-corrected chi connectivity index (χ4v) is 2.14. The molecule has 0 atom stereocenters. The topological polar surface area (TPSA) is 29.5 Å². The lowest BCUT2D eigenvalue weighted by Crippen LogP contribution is -2.30. The van der Waals surface area contributed by atoms with Crippen molar-refractivity contribution in [1.29, 1.82) is 0 Å². The molecule has 1 amide bonds. The van der Waals surface area contributed by atoms with Crippen LogP contribution in [0.2, 0.25) is 10.0 Å². The summed E-state index contributed by atoms with van der Waals surface area (Å²) in [6.07, 6.45) is 0. The van der Waals surface area contributed by atoms with Gasteiger partial charge in [0.25, 0.3) is 5.91 Å². The molecule has 21 heavy (non-hydrogen) atoms. The van der Waals surface area contributed by atoms with Crippen molar-refractivity contribution < 1.29 is 9.53 Å². The van der Waals surface area contributed by atoms with E-state index >= 15 is 0 Å². The number of amides is 1. The number of nitrogens with zero attached hydrogens (tertiary/aromatic N) is 1. The SMILES string of the molecule is CN(Cc1ccccc1)C(=O)COc1cccc(Cl)c1Cl. The predicted octanol–water partition coefficient (Wildman–Crippen LogP) is 4.03. The van der Waals surface area contributed by atoms with Gasteiger partial charge in [0, 0.05) is 13.6 Å². The second-order valence-electron chi connectivity index (χ2n) is 4.58. The quantitative estimate of drug-likeness (QED) is 0.831. The lowest BCUT2D eigenvalue weighted by Gasteiger charge is -2.18. The number of hydrogen-bond donors (Lipinski definition) is 0. The molecular formula is C16H15Cl2NO2. The molecular weight excluding hydrogens is 309 g/mol. The van der Waals surface area contributed by atoms with E-state index in [1.165, 1.54) is 0 Å². The highest BCUT2D eigenvalue weighted by Crippen LogP contribution is 2.31. The minimum Gasteiger partial charge on any atom is -0.482 e. The highest BCUT2D eigenvalue weighted by molar-refractivity contribution is 6.42. The van der Waals surface area contributed by atoms with Gasteiger partial charge < -0.3 is 9.64 Å². The van der Waals surface area contributed by atoms with Gasteiger partial charge in [-0.3, -0.25) is 4.79 Å². The highest BCUT2D eigenvalue weighted by atomic mass is 35.5. The maximum absolute atomic E-state index is 12.0. The van der Waals surface area contributed by atoms with Crippen molar-refractivity contribution in [2.75, 3.05) is 13.7 Å². The molecule has 0 fully saturated rings. The average Bonchev–Trinajstić information content (AvgIpc) is 2.49. The Balaban J connectivity index is 1.91. The van der Waals surface area contributed by atoms with Gasteiger partial charge in [-0.25, -0.2) is 0 Å². The summed E-state index contributed by atoms with van der Waals surface area (Å²) in [4.78, 5) is 13.6.